The maximum absolute atomic E-state index is 10.6. The Balaban J connectivity index is 1.46. The Morgan fingerprint density at radius 3 is 3.07 bits per heavy atom. The van der Waals surface area contributed by atoms with Gasteiger partial charge in [0.05, 0.1) is 28.8 Å². The molecule has 0 bridgehead atoms. The Labute approximate surface area is 160 Å². The molecule has 9 heteroatoms. The zero-order valence-corrected chi connectivity index (χ0v) is 15.7. The van der Waals surface area contributed by atoms with Crippen molar-refractivity contribution in [2.45, 2.75) is 19.0 Å². The van der Waals surface area contributed by atoms with Gasteiger partial charge in [-0.15, -0.1) is 11.3 Å². The quantitative estimate of drug-likeness (QED) is 0.577. The number of aromatic nitrogens is 3. The molecule has 1 aliphatic rings. The number of para-hydroxylation sites is 2. The standard InChI is InChI=1S/C18H22N6O2S/c25-18(26)19-6-8-23-7-5-13(9-23)21-17-22-15-3-1-2-4-16(15)24(17)10-14-11-27-12-20-14/h1-4,11-13,19H,5-10H2,(H,21,22)(H,25,26). The summed E-state index contributed by atoms with van der Waals surface area (Å²) in [5.74, 6) is 0.861. The summed E-state index contributed by atoms with van der Waals surface area (Å²) in [5.41, 5.74) is 4.94. The van der Waals surface area contributed by atoms with E-state index in [1.54, 1.807) is 11.3 Å². The highest BCUT2D eigenvalue weighted by atomic mass is 32.1. The number of imidazole rings is 1. The van der Waals surface area contributed by atoms with Crippen LogP contribution in [0.4, 0.5) is 10.7 Å². The minimum absolute atomic E-state index is 0.292. The fourth-order valence-corrected chi connectivity index (χ4v) is 4.03. The molecule has 1 aliphatic heterocycles. The number of nitrogens with one attached hydrogen (secondary N) is 2. The first-order chi connectivity index (χ1) is 13.2. The van der Waals surface area contributed by atoms with Gasteiger partial charge in [0.2, 0.25) is 5.95 Å². The Morgan fingerprint density at radius 1 is 1.37 bits per heavy atom. The van der Waals surface area contributed by atoms with Crippen molar-refractivity contribution in [3.05, 3.63) is 40.8 Å². The van der Waals surface area contributed by atoms with Crippen molar-refractivity contribution < 1.29 is 9.90 Å². The van der Waals surface area contributed by atoms with Gasteiger partial charge < -0.3 is 20.3 Å². The van der Waals surface area contributed by atoms with Crippen molar-refractivity contribution in [2.24, 2.45) is 0 Å². The molecule has 1 atom stereocenters. The molecule has 3 aromatic rings. The molecule has 1 aromatic carbocycles. The predicted octanol–water partition coefficient (Wildman–Crippen LogP) is 2.29. The van der Waals surface area contributed by atoms with E-state index in [0.29, 0.717) is 19.1 Å². The van der Waals surface area contributed by atoms with Crippen LogP contribution in [0.15, 0.2) is 35.2 Å². The van der Waals surface area contributed by atoms with Gasteiger partial charge in [-0.3, -0.25) is 4.90 Å². The summed E-state index contributed by atoms with van der Waals surface area (Å²) >= 11 is 1.60. The number of amides is 1. The fraction of sp³-hybridized carbons (Fsp3) is 0.389. The molecular weight excluding hydrogens is 364 g/mol. The summed E-state index contributed by atoms with van der Waals surface area (Å²) < 4.78 is 2.18. The second-order valence-corrected chi connectivity index (χ2v) is 7.37. The lowest BCUT2D eigenvalue weighted by molar-refractivity contribution is 0.192. The summed E-state index contributed by atoms with van der Waals surface area (Å²) in [6.45, 7) is 3.68. The number of benzene rings is 1. The van der Waals surface area contributed by atoms with Gasteiger partial charge in [0.15, 0.2) is 0 Å². The molecule has 2 aromatic heterocycles. The van der Waals surface area contributed by atoms with Crippen molar-refractivity contribution in [3.63, 3.8) is 0 Å². The van der Waals surface area contributed by atoms with Crippen LogP contribution in [0.3, 0.4) is 0 Å². The van der Waals surface area contributed by atoms with Crippen LogP contribution in [0.5, 0.6) is 0 Å². The molecule has 1 unspecified atom stereocenters. The molecule has 8 nitrogen and oxygen atoms in total. The predicted molar refractivity (Wildman–Crippen MR) is 105 cm³/mol. The van der Waals surface area contributed by atoms with Crippen molar-refractivity contribution in [1.29, 1.82) is 0 Å². The number of carbonyl (C=O) groups is 1. The number of rotatable bonds is 7. The Morgan fingerprint density at radius 2 is 2.26 bits per heavy atom. The van der Waals surface area contributed by atoms with Crippen molar-refractivity contribution in [1.82, 2.24) is 24.8 Å². The van der Waals surface area contributed by atoms with E-state index < -0.39 is 6.09 Å². The minimum atomic E-state index is -0.973. The van der Waals surface area contributed by atoms with Gasteiger partial charge in [-0.25, -0.2) is 14.8 Å². The third-order valence-electron chi connectivity index (χ3n) is 4.77. The smallest absolute Gasteiger partial charge is 0.404 e. The molecule has 1 amide bonds. The SMILES string of the molecule is O=C(O)NCCN1CCC(Nc2nc3ccccc3n2Cc2cscn2)C1. The molecule has 0 radical (unpaired) electrons. The van der Waals surface area contributed by atoms with E-state index >= 15 is 0 Å². The number of fused-ring (bicyclic) bond motifs is 1. The average Bonchev–Trinajstić information content (AvgIpc) is 3.37. The van der Waals surface area contributed by atoms with Gasteiger partial charge in [0.25, 0.3) is 0 Å². The molecule has 0 saturated carbocycles. The zero-order chi connectivity index (χ0) is 18.6. The van der Waals surface area contributed by atoms with Crippen LogP contribution in [0.2, 0.25) is 0 Å². The van der Waals surface area contributed by atoms with Gasteiger partial charge >= 0.3 is 6.09 Å². The average molecular weight is 386 g/mol. The number of likely N-dealkylation sites (tertiary alicyclic amines) is 1. The van der Waals surface area contributed by atoms with Crippen LogP contribution < -0.4 is 10.6 Å². The van der Waals surface area contributed by atoms with Crippen molar-refractivity contribution in [2.75, 3.05) is 31.5 Å². The van der Waals surface area contributed by atoms with Crippen LogP contribution in [-0.2, 0) is 6.54 Å². The topological polar surface area (TPSA) is 95.3 Å². The number of anilines is 1. The first-order valence-electron chi connectivity index (χ1n) is 8.97. The number of nitrogens with zero attached hydrogens (tertiary/aromatic N) is 4. The third kappa shape index (κ3) is 4.20. The number of hydrogen-bond acceptors (Lipinski definition) is 6. The Hall–Kier alpha value is -2.65. The highest BCUT2D eigenvalue weighted by Crippen LogP contribution is 2.23. The maximum Gasteiger partial charge on any atom is 0.404 e. The number of carboxylic acid groups (broad SMARTS) is 1. The summed E-state index contributed by atoms with van der Waals surface area (Å²) in [4.78, 5) is 22.0. The highest BCUT2D eigenvalue weighted by molar-refractivity contribution is 7.07. The van der Waals surface area contributed by atoms with E-state index in [1.165, 1.54) is 0 Å². The molecule has 142 valence electrons. The Kier molecular flexibility index (Phi) is 5.21. The first-order valence-corrected chi connectivity index (χ1v) is 9.91. The molecule has 0 spiro atoms. The van der Waals surface area contributed by atoms with E-state index in [9.17, 15) is 4.79 Å². The summed E-state index contributed by atoms with van der Waals surface area (Å²) in [6.07, 6.45) is 0.0344. The largest absolute Gasteiger partial charge is 0.465 e. The summed E-state index contributed by atoms with van der Waals surface area (Å²) in [7, 11) is 0. The minimum Gasteiger partial charge on any atom is -0.465 e. The maximum atomic E-state index is 10.6. The van der Waals surface area contributed by atoms with Crippen molar-refractivity contribution >= 4 is 34.4 Å². The summed E-state index contributed by atoms with van der Waals surface area (Å²) in [6, 6.07) is 8.42. The molecule has 1 saturated heterocycles. The van der Waals surface area contributed by atoms with Gasteiger partial charge in [-0.05, 0) is 18.6 Å². The highest BCUT2D eigenvalue weighted by Gasteiger charge is 2.24. The zero-order valence-electron chi connectivity index (χ0n) is 14.8. The van der Waals surface area contributed by atoms with Crippen molar-refractivity contribution in [3.8, 4) is 0 Å². The molecule has 27 heavy (non-hydrogen) atoms. The van der Waals surface area contributed by atoms with Crippen LogP contribution in [0, 0.1) is 0 Å². The second kappa shape index (κ2) is 7.93. The normalized spacial score (nSPS) is 17.4. The van der Waals surface area contributed by atoms with E-state index in [4.69, 9.17) is 10.1 Å². The first kappa shape index (κ1) is 17.7. The van der Waals surface area contributed by atoms with E-state index in [-0.39, 0.29) is 0 Å². The molecule has 3 N–H and O–H groups in total. The Bertz CT molecular complexity index is 910. The second-order valence-electron chi connectivity index (χ2n) is 6.65. The number of thiazole rings is 1. The van der Waals surface area contributed by atoms with Gasteiger partial charge in [0.1, 0.15) is 0 Å². The lowest BCUT2D eigenvalue weighted by atomic mass is 10.3. The van der Waals surface area contributed by atoms with Crippen LogP contribution in [-0.4, -0.2) is 62.9 Å². The molecule has 0 aliphatic carbocycles. The van der Waals surface area contributed by atoms with Gasteiger partial charge in [-0.1, -0.05) is 12.1 Å². The van der Waals surface area contributed by atoms with E-state index in [1.807, 2.05) is 23.7 Å². The lowest BCUT2D eigenvalue weighted by Gasteiger charge is -2.17. The van der Waals surface area contributed by atoms with Crippen LogP contribution in [0.1, 0.15) is 12.1 Å². The van der Waals surface area contributed by atoms with Gasteiger partial charge in [0, 0.05) is 37.6 Å². The third-order valence-corrected chi connectivity index (χ3v) is 5.40. The fourth-order valence-electron chi connectivity index (χ4n) is 3.48. The van der Waals surface area contributed by atoms with E-state index in [0.717, 1.165) is 48.7 Å². The molecule has 1 fully saturated rings. The van der Waals surface area contributed by atoms with E-state index in [2.05, 4.69) is 36.5 Å². The molecular formula is C18H22N6O2S. The summed E-state index contributed by atoms with van der Waals surface area (Å²) in [5, 5.41) is 16.8. The van der Waals surface area contributed by atoms with Gasteiger partial charge in [-0.2, -0.15) is 0 Å². The lowest BCUT2D eigenvalue weighted by Crippen LogP contribution is -2.34. The monoisotopic (exact) mass is 386 g/mol. The van der Waals surface area contributed by atoms with Crippen LogP contribution >= 0.6 is 11.3 Å². The molecule has 3 heterocycles. The van der Waals surface area contributed by atoms with Crippen LogP contribution in [0.25, 0.3) is 11.0 Å². The molecule has 4 rings (SSSR count). The number of hydrogen-bond donors (Lipinski definition) is 3.